The molecule has 17 heavy (non-hydrogen) atoms. The third-order valence-electron chi connectivity index (χ3n) is 2.35. The molecule has 6 heteroatoms. The first-order valence-corrected chi connectivity index (χ1v) is 5.64. The molecule has 0 fully saturated rings. The van der Waals surface area contributed by atoms with Crippen molar-refractivity contribution in [2.24, 2.45) is 5.84 Å². The molecule has 1 heterocycles. The Balaban J connectivity index is 2.52. The fourth-order valence-electron chi connectivity index (χ4n) is 1.57. The number of nitrogens with one attached hydrogen (secondary N) is 1. The minimum atomic E-state index is 0.651. The summed E-state index contributed by atoms with van der Waals surface area (Å²) in [6, 6.07) is 1.81. The van der Waals surface area contributed by atoms with Crippen molar-refractivity contribution in [3.05, 3.63) is 17.6 Å². The molecule has 0 amide bonds. The Bertz CT molecular complexity index is 345. The van der Waals surface area contributed by atoms with Crippen LogP contribution in [0.25, 0.3) is 0 Å². The highest BCUT2D eigenvalue weighted by Crippen LogP contribution is 2.06. The van der Waals surface area contributed by atoms with E-state index in [1.807, 2.05) is 20.0 Å². The lowest BCUT2D eigenvalue weighted by Gasteiger charge is -2.15. The maximum atomic E-state index is 5.35. The van der Waals surface area contributed by atoms with Crippen LogP contribution in [-0.2, 0) is 11.3 Å². The smallest absolute Gasteiger partial charge is 0.144 e. The molecule has 6 nitrogen and oxygen atoms in total. The number of aromatic nitrogens is 2. The number of rotatable bonds is 7. The summed E-state index contributed by atoms with van der Waals surface area (Å²) in [5.74, 6) is 6.77. The molecule has 0 unspecified atom stereocenters. The first kappa shape index (κ1) is 13.8. The number of ether oxygens (including phenoxy) is 1. The molecule has 0 saturated carbocycles. The molecule has 0 saturated heterocycles. The quantitative estimate of drug-likeness (QED) is 0.411. The molecule has 0 radical (unpaired) electrons. The van der Waals surface area contributed by atoms with E-state index in [4.69, 9.17) is 10.6 Å². The van der Waals surface area contributed by atoms with Crippen molar-refractivity contribution >= 4 is 5.82 Å². The van der Waals surface area contributed by atoms with E-state index in [2.05, 4.69) is 20.3 Å². The number of nitrogens with two attached hydrogens (primary N) is 1. The number of aryl methyl sites for hydroxylation is 1. The standard InChI is InChI=1S/C11H21N5O/c1-9-7-10(15-12)14-11(13-9)8-16(2)5-4-6-17-3/h7H,4-6,8,12H2,1-3H3,(H,13,14,15). The number of hydrogen-bond donors (Lipinski definition) is 2. The molecule has 0 atom stereocenters. The Morgan fingerprint density at radius 3 is 2.88 bits per heavy atom. The van der Waals surface area contributed by atoms with Crippen LogP contribution in [0.3, 0.4) is 0 Å². The predicted octanol–water partition coefficient (Wildman–Crippen LogP) is 0.539. The molecular formula is C11H21N5O. The number of nitrogen functional groups attached to an aromatic ring is 1. The van der Waals surface area contributed by atoms with Gasteiger partial charge in [-0.25, -0.2) is 15.8 Å². The van der Waals surface area contributed by atoms with Gasteiger partial charge in [0, 0.05) is 32.0 Å². The zero-order chi connectivity index (χ0) is 12.7. The molecule has 0 bridgehead atoms. The highest BCUT2D eigenvalue weighted by atomic mass is 16.5. The molecule has 0 aliphatic heterocycles. The second kappa shape index (κ2) is 7.16. The van der Waals surface area contributed by atoms with Crippen LogP contribution in [0.2, 0.25) is 0 Å². The van der Waals surface area contributed by atoms with Gasteiger partial charge in [-0.2, -0.15) is 0 Å². The van der Waals surface area contributed by atoms with Gasteiger partial charge in [-0.05, 0) is 20.4 Å². The summed E-state index contributed by atoms with van der Waals surface area (Å²) in [6.45, 7) is 4.36. The van der Waals surface area contributed by atoms with Crippen LogP contribution in [0, 0.1) is 6.92 Å². The Labute approximate surface area is 102 Å². The van der Waals surface area contributed by atoms with Gasteiger partial charge in [0.05, 0.1) is 6.54 Å². The molecule has 1 aromatic rings. The van der Waals surface area contributed by atoms with Crippen LogP contribution in [-0.4, -0.2) is 42.2 Å². The third-order valence-corrected chi connectivity index (χ3v) is 2.35. The molecule has 0 aromatic carbocycles. The zero-order valence-corrected chi connectivity index (χ0v) is 10.7. The normalized spacial score (nSPS) is 10.9. The van der Waals surface area contributed by atoms with Crippen LogP contribution in [0.15, 0.2) is 6.07 Å². The van der Waals surface area contributed by atoms with Gasteiger partial charge in [0.25, 0.3) is 0 Å². The van der Waals surface area contributed by atoms with Gasteiger partial charge in [-0.1, -0.05) is 0 Å². The SMILES string of the molecule is COCCCN(C)Cc1nc(C)cc(NN)n1. The second-order valence-corrected chi connectivity index (χ2v) is 4.04. The maximum absolute atomic E-state index is 5.35. The average molecular weight is 239 g/mol. The Morgan fingerprint density at radius 2 is 2.24 bits per heavy atom. The van der Waals surface area contributed by atoms with Crippen LogP contribution in [0.1, 0.15) is 17.9 Å². The number of anilines is 1. The van der Waals surface area contributed by atoms with E-state index in [-0.39, 0.29) is 0 Å². The van der Waals surface area contributed by atoms with Crippen molar-refractivity contribution in [2.75, 3.05) is 32.7 Å². The lowest BCUT2D eigenvalue weighted by atomic mass is 10.3. The van der Waals surface area contributed by atoms with E-state index in [9.17, 15) is 0 Å². The predicted molar refractivity (Wildman–Crippen MR) is 67.4 cm³/mol. The van der Waals surface area contributed by atoms with Crippen molar-refractivity contribution in [3.63, 3.8) is 0 Å². The number of hydrogen-bond acceptors (Lipinski definition) is 6. The maximum Gasteiger partial charge on any atom is 0.144 e. The van der Waals surface area contributed by atoms with Crippen LogP contribution in [0.4, 0.5) is 5.82 Å². The summed E-state index contributed by atoms with van der Waals surface area (Å²) in [7, 11) is 3.75. The summed E-state index contributed by atoms with van der Waals surface area (Å²) in [6.07, 6.45) is 1.00. The average Bonchev–Trinajstić information content (AvgIpc) is 2.28. The molecular weight excluding hydrogens is 218 g/mol. The minimum absolute atomic E-state index is 0.651. The van der Waals surface area contributed by atoms with Crippen LogP contribution >= 0.6 is 0 Å². The second-order valence-electron chi connectivity index (χ2n) is 4.04. The number of hydrazine groups is 1. The van der Waals surface area contributed by atoms with E-state index in [0.29, 0.717) is 12.4 Å². The van der Waals surface area contributed by atoms with E-state index < -0.39 is 0 Å². The van der Waals surface area contributed by atoms with Crippen molar-refractivity contribution in [1.82, 2.24) is 14.9 Å². The van der Waals surface area contributed by atoms with E-state index in [0.717, 1.165) is 31.1 Å². The molecule has 1 aromatic heterocycles. The van der Waals surface area contributed by atoms with E-state index >= 15 is 0 Å². The van der Waals surface area contributed by atoms with E-state index in [1.165, 1.54) is 0 Å². The third kappa shape index (κ3) is 5.08. The largest absolute Gasteiger partial charge is 0.385 e. The lowest BCUT2D eigenvalue weighted by molar-refractivity contribution is 0.177. The molecule has 0 spiro atoms. The molecule has 3 N–H and O–H groups in total. The van der Waals surface area contributed by atoms with Crippen molar-refractivity contribution < 1.29 is 4.74 Å². The molecule has 1 rings (SSSR count). The van der Waals surface area contributed by atoms with Crippen LogP contribution in [0.5, 0.6) is 0 Å². The highest BCUT2D eigenvalue weighted by molar-refractivity contribution is 5.33. The highest BCUT2D eigenvalue weighted by Gasteiger charge is 2.05. The van der Waals surface area contributed by atoms with Crippen LogP contribution < -0.4 is 11.3 Å². The van der Waals surface area contributed by atoms with Gasteiger partial charge < -0.3 is 10.2 Å². The summed E-state index contributed by atoms with van der Waals surface area (Å²) < 4.78 is 5.01. The monoisotopic (exact) mass is 239 g/mol. The Kier molecular flexibility index (Phi) is 5.82. The van der Waals surface area contributed by atoms with Gasteiger partial charge in [0.15, 0.2) is 0 Å². The van der Waals surface area contributed by atoms with Gasteiger partial charge in [-0.3, -0.25) is 4.90 Å². The van der Waals surface area contributed by atoms with Gasteiger partial charge >= 0.3 is 0 Å². The van der Waals surface area contributed by atoms with Gasteiger partial charge in [0.1, 0.15) is 11.6 Å². The molecule has 96 valence electrons. The summed E-state index contributed by atoms with van der Waals surface area (Å²) in [5.41, 5.74) is 3.45. The summed E-state index contributed by atoms with van der Waals surface area (Å²) in [5, 5.41) is 0. The van der Waals surface area contributed by atoms with E-state index in [1.54, 1.807) is 7.11 Å². The zero-order valence-electron chi connectivity index (χ0n) is 10.7. The Hall–Kier alpha value is -1.24. The molecule has 0 aliphatic carbocycles. The number of methoxy groups -OCH3 is 1. The first-order chi connectivity index (χ1) is 8.15. The Morgan fingerprint density at radius 1 is 1.47 bits per heavy atom. The fraction of sp³-hybridized carbons (Fsp3) is 0.636. The van der Waals surface area contributed by atoms with Gasteiger partial charge in [0.2, 0.25) is 0 Å². The number of nitrogens with zero attached hydrogens (tertiary/aromatic N) is 3. The van der Waals surface area contributed by atoms with Crippen molar-refractivity contribution in [3.8, 4) is 0 Å². The topological polar surface area (TPSA) is 76.3 Å². The summed E-state index contributed by atoms with van der Waals surface area (Å²) in [4.78, 5) is 10.8. The van der Waals surface area contributed by atoms with Gasteiger partial charge in [-0.15, -0.1) is 0 Å². The lowest BCUT2D eigenvalue weighted by Crippen LogP contribution is -2.22. The van der Waals surface area contributed by atoms with Crippen molar-refractivity contribution in [1.29, 1.82) is 0 Å². The molecule has 0 aliphatic rings. The van der Waals surface area contributed by atoms with Crippen molar-refractivity contribution in [2.45, 2.75) is 19.9 Å². The first-order valence-electron chi connectivity index (χ1n) is 5.64. The minimum Gasteiger partial charge on any atom is -0.385 e. The fourth-order valence-corrected chi connectivity index (χ4v) is 1.57. The summed E-state index contributed by atoms with van der Waals surface area (Å²) >= 11 is 0.